The molecule has 6 nitrogen and oxygen atoms in total. The first-order valence-corrected chi connectivity index (χ1v) is 11.7. The third-order valence-corrected chi connectivity index (χ3v) is 6.20. The lowest BCUT2D eigenvalue weighted by molar-refractivity contribution is 0.461. The minimum absolute atomic E-state index is 0.0625. The summed E-state index contributed by atoms with van der Waals surface area (Å²) in [4.78, 5) is 14.1. The summed E-state index contributed by atoms with van der Waals surface area (Å²) < 4.78 is 0. The van der Waals surface area contributed by atoms with E-state index in [4.69, 9.17) is 4.98 Å². The first-order chi connectivity index (χ1) is 15.1. The van der Waals surface area contributed by atoms with Crippen LogP contribution < -0.4 is 16.0 Å². The Balaban J connectivity index is 1.59. The van der Waals surface area contributed by atoms with Crippen LogP contribution in [0.25, 0.3) is 10.8 Å². The van der Waals surface area contributed by atoms with Crippen molar-refractivity contribution < 1.29 is 0 Å². The van der Waals surface area contributed by atoms with Crippen LogP contribution in [0.4, 0.5) is 17.8 Å². The molecular weight excluding hydrogens is 384 g/mol. The quantitative estimate of drug-likeness (QED) is 0.407. The Labute approximate surface area is 185 Å². The van der Waals surface area contributed by atoms with Gasteiger partial charge in [0, 0.05) is 12.1 Å². The number of hydrogen-bond acceptors (Lipinski definition) is 6. The van der Waals surface area contributed by atoms with Gasteiger partial charge in [0.25, 0.3) is 0 Å². The molecule has 1 aromatic heterocycles. The van der Waals surface area contributed by atoms with E-state index in [0.29, 0.717) is 29.9 Å². The normalized spacial score (nSPS) is 16.6. The van der Waals surface area contributed by atoms with Crippen LogP contribution in [-0.2, 0) is 0 Å². The third-order valence-electron chi connectivity index (χ3n) is 6.20. The molecule has 0 aliphatic heterocycles. The Morgan fingerprint density at radius 2 is 1.52 bits per heavy atom. The number of fused-ring (bicyclic) bond motifs is 1. The van der Waals surface area contributed by atoms with Crippen LogP contribution in [0.15, 0.2) is 42.5 Å². The van der Waals surface area contributed by atoms with E-state index in [-0.39, 0.29) is 6.04 Å². The van der Waals surface area contributed by atoms with Crippen molar-refractivity contribution in [3.05, 3.63) is 48.0 Å². The summed E-state index contributed by atoms with van der Waals surface area (Å²) in [6, 6.07) is 15.7. The van der Waals surface area contributed by atoms with Crippen molar-refractivity contribution in [3.63, 3.8) is 0 Å². The van der Waals surface area contributed by atoms with E-state index in [9.17, 15) is 0 Å². The fourth-order valence-corrected chi connectivity index (χ4v) is 4.22. The van der Waals surface area contributed by atoms with Crippen LogP contribution in [0.3, 0.4) is 0 Å². The van der Waals surface area contributed by atoms with Crippen molar-refractivity contribution in [3.8, 4) is 0 Å². The second kappa shape index (κ2) is 9.94. The van der Waals surface area contributed by atoms with Crippen molar-refractivity contribution in [1.29, 1.82) is 0 Å². The van der Waals surface area contributed by atoms with Gasteiger partial charge in [-0.15, -0.1) is 0 Å². The second-order valence-electron chi connectivity index (χ2n) is 8.67. The van der Waals surface area contributed by atoms with E-state index in [2.05, 4.69) is 89.2 Å². The van der Waals surface area contributed by atoms with Crippen molar-refractivity contribution >= 4 is 28.6 Å². The maximum absolute atomic E-state index is 4.72. The molecule has 31 heavy (non-hydrogen) atoms. The molecule has 1 heterocycles. The molecule has 2 atom stereocenters. The molecule has 1 aliphatic carbocycles. The molecule has 1 saturated carbocycles. The number of nitrogens with zero attached hydrogens (tertiary/aromatic N) is 3. The molecule has 0 bridgehead atoms. The standard InChI is InChI=1S/C25H34N6/c1-4-17(2)26-23-29-24(31-25(30-23)28-20-13-6-5-7-14-20)27-18(3)21-16-10-12-19-11-8-9-15-22(19)21/h8-12,15-18,20H,4-7,13-14H2,1-3H3,(H3,26,27,28,29,30,31)/t17-,18+/m0/s1. The van der Waals surface area contributed by atoms with Gasteiger partial charge in [-0.2, -0.15) is 15.0 Å². The Morgan fingerprint density at radius 3 is 2.29 bits per heavy atom. The van der Waals surface area contributed by atoms with Gasteiger partial charge >= 0.3 is 0 Å². The van der Waals surface area contributed by atoms with Gasteiger partial charge in [-0.3, -0.25) is 0 Å². The van der Waals surface area contributed by atoms with Crippen LogP contribution in [0.5, 0.6) is 0 Å². The van der Waals surface area contributed by atoms with Gasteiger partial charge in [-0.1, -0.05) is 68.7 Å². The summed E-state index contributed by atoms with van der Waals surface area (Å²) in [5, 5.41) is 13.0. The predicted molar refractivity (Wildman–Crippen MR) is 130 cm³/mol. The van der Waals surface area contributed by atoms with E-state index in [1.807, 2.05) is 0 Å². The molecule has 0 radical (unpaired) electrons. The minimum atomic E-state index is 0.0625. The second-order valence-corrected chi connectivity index (χ2v) is 8.67. The summed E-state index contributed by atoms with van der Waals surface area (Å²) >= 11 is 0. The number of nitrogens with one attached hydrogen (secondary N) is 3. The molecule has 164 valence electrons. The summed E-state index contributed by atoms with van der Waals surface area (Å²) in [6.07, 6.45) is 7.22. The monoisotopic (exact) mass is 418 g/mol. The van der Waals surface area contributed by atoms with E-state index < -0.39 is 0 Å². The Morgan fingerprint density at radius 1 is 0.839 bits per heavy atom. The van der Waals surface area contributed by atoms with E-state index in [1.54, 1.807) is 0 Å². The van der Waals surface area contributed by atoms with Crippen molar-refractivity contribution in [2.75, 3.05) is 16.0 Å². The van der Waals surface area contributed by atoms with Gasteiger partial charge in [-0.25, -0.2) is 0 Å². The zero-order chi connectivity index (χ0) is 21.6. The topological polar surface area (TPSA) is 74.8 Å². The van der Waals surface area contributed by atoms with E-state index in [1.165, 1.54) is 48.4 Å². The highest BCUT2D eigenvalue weighted by molar-refractivity contribution is 5.86. The van der Waals surface area contributed by atoms with Crippen molar-refractivity contribution in [1.82, 2.24) is 15.0 Å². The predicted octanol–water partition coefficient (Wildman–Crippen LogP) is 6.15. The molecule has 0 unspecified atom stereocenters. The maximum atomic E-state index is 4.72. The van der Waals surface area contributed by atoms with Gasteiger partial charge in [0.15, 0.2) is 0 Å². The highest BCUT2D eigenvalue weighted by Crippen LogP contribution is 2.27. The summed E-state index contributed by atoms with van der Waals surface area (Å²) in [6.45, 7) is 6.45. The van der Waals surface area contributed by atoms with E-state index >= 15 is 0 Å². The highest BCUT2D eigenvalue weighted by atomic mass is 15.3. The number of aromatic nitrogens is 3. The first-order valence-electron chi connectivity index (χ1n) is 11.7. The summed E-state index contributed by atoms with van der Waals surface area (Å²) in [5.74, 6) is 1.87. The molecular formula is C25H34N6. The van der Waals surface area contributed by atoms with Gasteiger partial charge < -0.3 is 16.0 Å². The average molecular weight is 419 g/mol. The lowest BCUT2D eigenvalue weighted by atomic mass is 9.96. The zero-order valence-corrected chi connectivity index (χ0v) is 18.9. The molecule has 4 rings (SSSR count). The third kappa shape index (κ3) is 5.43. The Kier molecular flexibility index (Phi) is 6.85. The van der Waals surface area contributed by atoms with Crippen LogP contribution in [0, 0.1) is 0 Å². The number of hydrogen-bond donors (Lipinski definition) is 3. The Hall–Kier alpha value is -2.89. The fraction of sp³-hybridized carbons (Fsp3) is 0.480. The van der Waals surface area contributed by atoms with Crippen LogP contribution in [0.1, 0.15) is 70.9 Å². The molecule has 1 aliphatic rings. The molecule has 1 fully saturated rings. The molecule has 0 saturated heterocycles. The number of rotatable bonds is 8. The average Bonchev–Trinajstić information content (AvgIpc) is 2.79. The summed E-state index contributed by atoms with van der Waals surface area (Å²) in [7, 11) is 0. The fourth-order valence-electron chi connectivity index (χ4n) is 4.22. The zero-order valence-electron chi connectivity index (χ0n) is 18.9. The van der Waals surface area contributed by atoms with Crippen molar-refractivity contribution in [2.45, 2.75) is 77.4 Å². The first kappa shape index (κ1) is 21.3. The number of anilines is 3. The minimum Gasteiger partial charge on any atom is -0.352 e. The maximum Gasteiger partial charge on any atom is 0.229 e. The molecule has 3 aromatic rings. The molecule has 0 spiro atoms. The summed E-state index contributed by atoms with van der Waals surface area (Å²) in [5.41, 5.74) is 1.23. The van der Waals surface area contributed by atoms with E-state index in [0.717, 1.165) is 6.42 Å². The smallest absolute Gasteiger partial charge is 0.229 e. The highest BCUT2D eigenvalue weighted by Gasteiger charge is 2.17. The largest absolute Gasteiger partial charge is 0.352 e. The van der Waals surface area contributed by atoms with Gasteiger partial charge in [0.1, 0.15) is 0 Å². The lowest BCUT2D eigenvalue weighted by Crippen LogP contribution is -2.25. The van der Waals surface area contributed by atoms with Gasteiger partial charge in [-0.05, 0) is 49.4 Å². The number of benzene rings is 2. The van der Waals surface area contributed by atoms with Crippen LogP contribution in [0.2, 0.25) is 0 Å². The van der Waals surface area contributed by atoms with Gasteiger partial charge in [0.2, 0.25) is 17.8 Å². The molecule has 0 amide bonds. The SMILES string of the molecule is CC[C@H](C)Nc1nc(NC2CCCCC2)nc(N[C@H](C)c2cccc3ccccc23)n1. The van der Waals surface area contributed by atoms with Crippen LogP contribution >= 0.6 is 0 Å². The van der Waals surface area contributed by atoms with Crippen LogP contribution in [-0.4, -0.2) is 27.0 Å². The van der Waals surface area contributed by atoms with Crippen molar-refractivity contribution in [2.24, 2.45) is 0 Å². The van der Waals surface area contributed by atoms with Gasteiger partial charge in [0.05, 0.1) is 6.04 Å². The molecule has 2 aromatic carbocycles. The molecule has 6 heteroatoms. The Bertz CT molecular complexity index is 993. The lowest BCUT2D eigenvalue weighted by Gasteiger charge is -2.23. The molecule has 3 N–H and O–H groups in total.